The first kappa shape index (κ1) is 31.4. The Kier molecular flexibility index (Phi) is 11.4. The van der Waals surface area contributed by atoms with Gasteiger partial charge in [0.25, 0.3) is 0 Å². The van der Waals surface area contributed by atoms with Crippen LogP contribution in [0.4, 0.5) is 0 Å². The van der Waals surface area contributed by atoms with Crippen molar-refractivity contribution in [3.63, 3.8) is 0 Å². The second-order valence-corrected chi connectivity index (χ2v) is 7.97. The van der Waals surface area contributed by atoms with E-state index in [1.54, 1.807) is 0 Å². The monoisotopic (exact) mass is 583 g/mol. The number of aromatic amines is 2. The van der Waals surface area contributed by atoms with Gasteiger partial charge in [0.1, 0.15) is 0 Å². The molecule has 3 aromatic heterocycles. The van der Waals surface area contributed by atoms with Gasteiger partial charge in [0.05, 0.1) is 28.8 Å². The number of halogens is 5. The summed E-state index contributed by atoms with van der Waals surface area (Å²) in [5, 5.41) is 0. The fraction of sp³-hybridized carbons (Fsp3) is 0.0769. The minimum Gasteiger partial charge on any atom is -0.370 e. The first-order valence-corrected chi connectivity index (χ1v) is 10.3. The summed E-state index contributed by atoms with van der Waals surface area (Å²) in [7, 11) is 2.10. The van der Waals surface area contributed by atoms with Gasteiger partial charge in [-0.05, 0) is 79.0 Å². The van der Waals surface area contributed by atoms with Crippen LogP contribution in [0, 0.1) is 0 Å². The Hall–Kier alpha value is -2.67. The van der Waals surface area contributed by atoms with Crippen molar-refractivity contribution in [2.45, 2.75) is 6.04 Å². The zero-order valence-electron chi connectivity index (χ0n) is 19.1. The van der Waals surface area contributed by atoms with E-state index >= 15 is 0 Å². The van der Waals surface area contributed by atoms with Crippen LogP contribution in [-0.4, -0.2) is 31.9 Å². The van der Waals surface area contributed by atoms with Gasteiger partial charge in [-0.25, -0.2) is 9.97 Å². The maximum Gasteiger partial charge on any atom is 0.0741 e. The molecule has 1 atom stereocenters. The van der Waals surface area contributed by atoms with Crippen molar-refractivity contribution in [2.75, 3.05) is 7.05 Å². The van der Waals surface area contributed by atoms with Gasteiger partial charge >= 0.3 is 0 Å². The molecule has 10 heteroatoms. The molecule has 36 heavy (non-hydrogen) atoms. The molecule has 1 unspecified atom stereocenters. The van der Waals surface area contributed by atoms with E-state index in [1.807, 2.05) is 30.4 Å². The number of hydrogen-bond donors (Lipinski definition) is 2. The number of allylic oxidation sites excluding steroid dienone is 2. The number of fused-ring (bicyclic) bond motifs is 8. The van der Waals surface area contributed by atoms with Crippen LogP contribution in [0.25, 0.3) is 46.4 Å². The summed E-state index contributed by atoms with van der Waals surface area (Å²) in [5.41, 5.74) is 9.05. The van der Waals surface area contributed by atoms with E-state index in [2.05, 4.69) is 87.7 Å². The molecular formula is C26H26Cl5N5. The van der Waals surface area contributed by atoms with Gasteiger partial charge in [0.2, 0.25) is 0 Å². The Morgan fingerprint density at radius 3 is 1.86 bits per heavy atom. The smallest absolute Gasteiger partial charge is 0.0741 e. The normalized spacial score (nSPS) is 14.6. The van der Waals surface area contributed by atoms with Crippen molar-refractivity contribution >= 4 is 108 Å². The highest BCUT2D eigenvalue weighted by Crippen LogP contribution is 2.29. The third-order valence-electron chi connectivity index (χ3n) is 5.68. The maximum atomic E-state index is 4.78. The van der Waals surface area contributed by atoms with Gasteiger partial charge < -0.3 is 14.9 Å². The quantitative estimate of drug-likeness (QED) is 0.211. The molecule has 0 amide bonds. The van der Waals surface area contributed by atoms with Crippen LogP contribution >= 0.6 is 62.0 Å². The molecule has 0 spiro atoms. The minimum atomic E-state index is 0. The molecule has 3 aliphatic heterocycles. The summed E-state index contributed by atoms with van der Waals surface area (Å²) in [4.78, 5) is 18.7. The first-order valence-electron chi connectivity index (χ1n) is 10.3. The van der Waals surface area contributed by atoms with Crippen LogP contribution in [-0.2, 0) is 0 Å². The van der Waals surface area contributed by atoms with Crippen molar-refractivity contribution in [2.24, 2.45) is 0 Å². The van der Waals surface area contributed by atoms with E-state index in [4.69, 9.17) is 4.98 Å². The van der Waals surface area contributed by atoms with Crippen LogP contribution in [0.1, 0.15) is 34.4 Å². The molecular weight excluding hydrogens is 560 g/mol. The largest absolute Gasteiger partial charge is 0.370 e. The molecule has 3 aliphatic rings. The Bertz CT molecular complexity index is 1480. The molecule has 3 aromatic rings. The fourth-order valence-corrected chi connectivity index (χ4v) is 4.19. The molecule has 0 aliphatic carbocycles. The highest BCUT2D eigenvalue weighted by atomic mass is 35.5. The van der Waals surface area contributed by atoms with Crippen molar-refractivity contribution in [3.05, 3.63) is 95.2 Å². The third-order valence-corrected chi connectivity index (χ3v) is 5.68. The standard InChI is InChI=1S/C26H21N5.5ClH/c1-31-11-3-2-4-26(31)24-15-23-14-21-8-7-19(28-21)12-17-5-6-18(27-17)13-20-9-10-22(29-20)16-25(24)30-23;;;;;/h2-16,26,28,30H,1H3;5*1H. The van der Waals surface area contributed by atoms with E-state index < -0.39 is 0 Å². The topological polar surface area (TPSA) is 60.6 Å². The highest BCUT2D eigenvalue weighted by Gasteiger charge is 2.17. The molecule has 6 heterocycles. The summed E-state index contributed by atoms with van der Waals surface area (Å²) in [6.45, 7) is 0. The number of rotatable bonds is 1. The fourth-order valence-electron chi connectivity index (χ4n) is 4.19. The zero-order chi connectivity index (χ0) is 20.8. The van der Waals surface area contributed by atoms with Crippen molar-refractivity contribution in [1.82, 2.24) is 24.8 Å². The molecule has 190 valence electrons. The zero-order valence-corrected chi connectivity index (χ0v) is 23.2. The molecule has 5 nitrogen and oxygen atoms in total. The van der Waals surface area contributed by atoms with Gasteiger partial charge in [0.15, 0.2) is 0 Å². The van der Waals surface area contributed by atoms with Gasteiger partial charge in [0, 0.05) is 34.7 Å². The van der Waals surface area contributed by atoms with Gasteiger partial charge in [-0.3, -0.25) is 0 Å². The summed E-state index contributed by atoms with van der Waals surface area (Å²) in [6.07, 6.45) is 16.6. The van der Waals surface area contributed by atoms with Crippen LogP contribution < -0.4 is 0 Å². The van der Waals surface area contributed by atoms with Crippen molar-refractivity contribution in [1.29, 1.82) is 0 Å². The lowest BCUT2D eigenvalue weighted by Gasteiger charge is -2.25. The summed E-state index contributed by atoms with van der Waals surface area (Å²) in [5.74, 6) is 0. The average Bonchev–Trinajstić information content (AvgIpc) is 3.53. The average molecular weight is 586 g/mol. The van der Waals surface area contributed by atoms with E-state index in [1.165, 1.54) is 5.56 Å². The molecule has 2 N–H and O–H groups in total. The lowest BCUT2D eigenvalue weighted by molar-refractivity contribution is 0.392. The van der Waals surface area contributed by atoms with Crippen LogP contribution in [0.5, 0.6) is 0 Å². The Balaban J connectivity index is 0.00000130. The van der Waals surface area contributed by atoms with Gasteiger partial charge in [-0.15, -0.1) is 62.0 Å². The third kappa shape index (κ3) is 6.36. The summed E-state index contributed by atoms with van der Waals surface area (Å²) in [6, 6.07) is 14.9. The number of aromatic nitrogens is 4. The lowest BCUT2D eigenvalue weighted by Crippen LogP contribution is -2.18. The van der Waals surface area contributed by atoms with E-state index in [0.717, 1.165) is 44.8 Å². The predicted octanol–water partition coefficient (Wildman–Crippen LogP) is 7.82. The number of nitrogens with zero attached hydrogens (tertiary/aromatic N) is 3. The van der Waals surface area contributed by atoms with E-state index in [9.17, 15) is 0 Å². The first-order chi connectivity index (χ1) is 15.2. The van der Waals surface area contributed by atoms with E-state index in [-0.39, 0.29) is 68.1 Å². The SMILES string of the molecule is CN1C=CC=CC1c1cc2cc3ccc(cc4nc(cc5nc(cc1[nH]2)C=C5)C=C4)[nH]3.Cl.Cl.Cl.Cl.Cl. The molecule has 0 aromatic carbocycles. The lowest BCUT2D eigenvalue weighted by atomic mass is 10.0. The minimum absolute atomic E-state index is 0. The molecule has 8 bridgehead atoms. The van der Waals surface area contributed by atoms with Crippen LogP contribution in [0.2, 0.25) is 0 Å². The summed E-state index contributed by atoms with van der Waals surface area (Å²) < 4.78 is 0. The Labute approximate surface area is 240 Å². The Morgan fingerprint density at radius 2 is 1.22 bits per heavy atom. The number of H-pyrrole nitrogens is 2. The van der Waals surface area contributed by atoms with Crippen LogP contribution in [0.3, 0.4) is 0 Å². The molecule has 0 radical (unpaired) electrons. The van der Waals surface area contributed by atoms with Crippen molar-refractivity contribution in [3.8, 4) is 0 Å². The number of hydrogen-bond acceptors (Lipinski definition) is 3. The molecule has 0 saturated heterocycles. The van der Waals surface area contributed by atoms with Crippen LogP contribution in [0.15, 0.2) is 66.9 Å². The Morgan fingerprint density at radius 1 is 0.639 bits per heavy atom. The predicted molar refractivity (Wildman–Crippen MR) is 164 cm³/mol. The summed E-state index contributed by atoms with van der Waals surface area (Å²) >= 11 is 0. The molecule has 6 rings (SSSR count). The second kappa shape index (κ2) is 13.0. The van der Waals surface area contributed by atoms with E-state index in [0.29, 0.717) is 0 Å². The molecule has 0 fully saturated rings. The van der Waals surface area contributed by atoms with Gasteiger partial charge in [-0.1, -0.05) is 12.2 Å². The maximum absolute atomic E-state index is 4.78. The second-order valence-electron chi connectivity index (χ2n) is 7.97. The highest BCUT2D eigenvalue weighted by molar-refractivity contribution is 5.86. The van der Waals surface area contributed by atoms with Crippen molar-refractivity contribution < 1.29 is 0 Å². The number of nitrogens with one attached hydrogen (secondary N) is 2. The molecule has 0 saturated carbocycles. The number of likely N-dealkylation sites (N-methyl/N-ethyl adjacent to an activating group) is 1. The van der Waals surface area contributed by atoms with Gasteiger partial charge in [-0.2, -0.15) is 0 Å².